The summed E-state index contributed by atoms with van der Waals surface area (Å²) in [6, 6.07) is 7.85. The molecule has 0 radical (unpaired) electrons. The number of rotatable bonds is 7. The highest BCUT2D eigenvalue weighted by Gasteiger charge is 2.47. The molecule has 1 amide bonds. The Morgan fingerprint density at radius 1 is 1.25 bits per heavy atom. The van der Waals surface area contributed by atoms with Gasteiger partial charge in [0.25, 0.3) is 0 Å². The molecule has 3 aliphatic rings. The molecule has 2 N–H and O–H groups in total. The lowest BCUT2D eigenvalue weighted by atomic mass is 9.76. The normalized spacial score (nSPS) is 28.8. The van der Waals surface area contributed by atoms with Crippen LogP contribution < -0.4 is 10.3 Å². The Morgan fingerprint density at radius 3 is 2.72 bits per heavy atom. The topological polar surface area (TPSA) is 91.0 Å². The number of carbonyl (C=O) groups is 1. The highest BCUT2D eigenvalue weighted by molar-refractivity contribution is 7.88. The zero-order valence-electron chi connectivity index (χ0n) is 19.2. The van der Waals surface area contributed by atoms with Gasteiger partial charge in [0.1, 0.15) is 0 Å². The van der Waals surface area contributed by atoms with Gasteiger partial charge in [0, 0.05) is 25.7 Å². The summed E-state index contributed by atoms with van der Waals surface area (Å²) in [5.41, 5.74) is 4.15. The third-order valence-electron chi connectivity index (χ3n) is 7.27. The zero-order valence-corrected chi connectivity index (χ0v) is 20.0. The van der Waals surface area contributed by atoms with Gasteiger partial charge >= 0.3 is 0 Å². The van der Waals surface area contributed by atoms with E-state index in [0.717, 1.165) is 63.6 Å². The number of likely N-dealkylation sites (N-methyl/N-ethyl adjacent to an activating group) is 1. The van der Waals surface area contributed by atoms with Crippen molar-refractivity contribution in [3.8, 4) is 0 Å². The maximum atomic E-state index is 13.3. The molecular weight excluding hydrogens is 428 g/mol. The Labute approximate surface area is 191 Å². The maximum Gasteiger partial charge on any atom is 0.227 e. The Morgan fingerprint density at radius 2 is 2.03 bits per heavy atom. The summed E-state index contributed by atoms with van der Waals surface area (Å²) in [5.74, 6) is 0.0932. The van der Waals surface area contributed by atoms with Gasteiger partial charge in [0.05, 0.1) is 24.0 Å². The van der Waals surface area contributed by atoms with Crippen molar-refractivity contribution in [2.75, 3.05) is 38.4 Å². The van der Waals surface area contributed by atoms with E-state index < -0.39 is 10.0 Å². The van der Waals surface area contributed by atoms with E-state index in [1.807, 2.05) is 30.1 Å². The van der Waals surface area contributed by atoms with E-state index in [4.69, 9.17) is 4.74 Å². The van der Waals surface area contributed by atoms with Gasteiger partial charge < -0.3 is 15.1 Å². The molecule has 1 aromatic rings. The first-order valence-electron chi connectivity index (χ1n) is 11.7. The van der Waals surface area contributed by atoms with E-state index in [9.17, 15) is 13.2 Å². The minimum absolute atomic E-state index is 0.0141. The SMILES string of the molecule is CN(C(=O)Cc1cccc(NNS(C)(=O)=O)c1)C1CCC2(CCCO2)CC1N1CCCC1. The standard InChI is InChI=1S/C23H36N4O4S/c1-26(22(28)16-18-7-5-8-19(15-18)24-25-32(2,29)30)20-9-11-23(10-6-14-31-23)17-21(20)27-12-3-4-13-27/h5,7-8,15,20-21,24-25H,3-4,6,9-14,16-17H2,1-2H3. The number of likely N-dealkylation sites (tertiary alicyclic amines) is 1. The lowest BCUT2D eigenvalue weighted by molar-refractivity contribution is -0.136. The van der Waals surface area contributed by atoms with Gasteiger partial charge in [0.15, 0.2) is 0 Å². The van der Waals surface area contributed by atoms with Crippen molar-refractivity contribution in [2.24, 2.45) is 0 Å². The van der Waals surface area contributed by atoms with Gasteiger partial charge in [-0.2, -0.15) is 0 Å². The number of hydrogen-bond acceptors (Lipinski definition) is 6. The van der Waals surface area contributed by atoms with E-state index in [1.165, 1.54) is 12.8 Å². The van der Waals surface area contributed by atoms with E-state index in [0.29, 0.717) is 11.7 Å². The summed E-state index contributed by atoms with van der Waals surface area (Å²) in [6.45, 7) is 3.09. The second-order valence-electron chi connectivity index (χ2n) is 9.64. The van der Waals surface area contributed by atoms with Gasteiger partial charge in [-0.15, -0.1) is 4.83 Å². The number of sulfonamides is 1. The van der Waals surface area contributed by atoms with E-state index in [2.05, 4.69) is 15.2 Å². The minimum atomic E-state index is -3.36. The second-order valence-corrected chi connectivity index (χ2v) is 11.4. The molecule has 2 aliphatic heterocycles. The molecular formula is C23H36N4O4S. The molecule has 3 atom stereocenters. The van der Waals surface area contributed by atoms with Crippen molar-refractivity contribution >= 4 is 21.6 Å². The maximum absolute atomic E-state index is 13.3. The molecule has 1 saturated carbocycles. The number of anilines is 1. The molecule has 1 aliphatic carbocycles. The zero-order chi connectivity index (χ0) is 22.8. The minimum Gasteiger partial charge on any atom is -0.375 e. The van der Waals surface area contributed by atoms with Crippen LogP contribution in [0.4, 0.5) is 5.69 Å². The summed E-state index contributed by atoms with van der Waals surface area (Å²) in [7, 11) is -1.42. The molecule has 0 bridgehead atoms. The third kappa shape index (κ3) is 5.62. The number of nitrogens with zero attached hydrogens (tertiary/aromatic N) is 2. The molecule has 0 aromatic heterocycles. The molecule has 9 heteroatoms. The van der Waals surface area contributed by atoms with Crippen molar-refractivity contribution in [3.05, 3.63) is 29.8 Å². The molecule has 2 heterocycles. The van der Waals surface area contributed by atoms with Crippen LogP contribution in [0.15, 0.2) is 24.3 Å². The van der Waals surface area contributed by atoms with E-state index >= 15 is 0 Å². The fourth-order valence-electron chi connectivity index (χ4n) is 5.63. The quantitative estimate of drug-likeness (QED) is 0.601. The van der Waals surface area contributed by atoms with Crippen molar-refractivity contribution in [2.45, 2.75) is 69.1 Å². The summed E-state index contributed by atoms with van der Waals surface area (Å²) < 4.78 is 28.9. The predicted octanol–water partition coefficient (Wildman–Crippen LogP) is 2.13. The monoisotopic (exact) mass is 464 g/mol. The first-order valence-corrected chi connectivity index (χ1v) is 13.6. The van der Waals surface area contributed by atoms with Gasteiger partial charge in [-0.1, -0.05) is 12.1 Å². The summed E-state index contributed by atoms with van der Waals surface area (Å²) in [6.07, 6.45) is 9.14. The lowest BCUT2D eigenvalue weighted by Gasteiger charge is -2.48. The number of hydrogen-bond donors (Lipinski definition) is 2. The summed E-state index contributed by atoms with van der Waals surface area (Å²) in [5, 5.41) is 0. The van der Waals surface area contributed by atoms with Crippen molar-refractivity contribution in [3.63, 3.8) is 0 Å². The summed E-state index contributed by atoms with van der Waals surface area (Å²) in [4.78, 5) is 20.1. The number of nitrogens with one attached hydrogen (secondary N) is 2. The van der Waals surface area contributed by atoms with E-state index in [1.54, 1.807) is 6.07 Å². The van der Waals surface area contributed by atoms with Crippen LogP contribution in [0.5, 0.6) is 0 Å². The fraction of sp³-hybridized carbons (Fsp3) is 0.696. The molecule has 8 nitrogen and oxygen atoms in total. The van der Waals surface area contributed by atoms with Crippen molar-refractivity contribution in [1.82, 2.24) is 14.6 Å². The molecule has 3 fully saturated rings. The molecule has 178 valence electrons. The predicted molar refractivity (Wildman–Crippen MR) is 125 cm³/mol. The van der Waals surface area contributed by atoms with Crippen LogP contribution in [0.1, 0.15) is 50.5 Å². The average molecular weight is 465 g/mol. The van der Waals surface area contributed by atoms with Gasteiger partial charge in [0.2, 0.25) is 15.9 Å². The van der Waals surface area contributed by atoms with Crippen LogP contribution in [0, 0.1) is 0 Å². The molecule has 32 heavy (non-hydrogen) atoms. The first kappa shape index (κ1) is 23.5. The molecule has 3 unspecified atom stereocenters. The number of hydrazine groups is 1. The van der Waals surface area contributed by atoms with Crippen LogP contribution in [-0.4, -0.2) is 74.8 Å². The number of amides is 1. The Balaban J connectivity index is 1.43. The number of ether oxygens (including phenoxy) is 1. The first-order chi connectivity index (χ1) is 15.2. The molecule has 2 saturated heterocycles. The van der Waals surface area contributed by atoms with Crippen LogP contribution in [-0.2, 0) is 26.0 Å². The Bertz CT molecular complexity index is 910. The van der Waals surface area contributed by atoms with Crippen LogP contribution in [0.3, 0.4) is 0 Å². The summed E-state index contributed by atoms with van der Waals surface area (Å²) >= 11 is 0. The van der Waals surface area contributed by atoms with E-state index in [-0.39, 0.29) is 24.0 Å². The largest absolute Gasteiger partial charge is 0.375 e. The highest BCUT2D eigenvalue weighted by atomic mass is 32.2. The molecule has 4 rings (SSSR count). The highest BCUT2D eigenvalue weighted by Crippen LogP contribution is 2.43. The smallest absolute Gasteiger partial charge is 0.227 e. The van der Waals surface area contributed by atoms with Gasteiger partial charge in [-0.05, 0) is 75.7 Å². The number of carbonyl (C=O) groups excluding carboxylic acids is 1. The van der Waals surface area contributed by atoms with Crippen LogP contribution in [0.2, 0.25) is 0 Å². The van der Waals surface area contributed by atoms with Crippen LogP contribution in [0.25, 0.3) is 0 Å². The third-order valence-corrected chi connectivity index (χ3v) is 7.74. The molecule has 1 spiro atoms. The van der Waals surface area contributed by atoms with Crippen LogP contribution >= 0.6 is 0 Å². The van der Waals surface area contributed by atoms with Gasteiger partial charge in [-0.3, -0.25) is 9.69 Å². The number of benzene rings is 1. The Hall–Kier alpha value is -1.68. The van der Waals surface area contributed by atoms with Crippen molar-refractivity contribution < 1.29 is 17.9 Å². The average Bonchev–Trinajstić information content (AvgIpc) is 3.44. The fourth-order valence-corrected chi connectivity index (χ4v) is 5.93. The Kier molecular flexibility index (Phi) is 7.09. The second kappa shape index (κ2) is 9.67. The van der Waals surface area contributed by atoms with Gasteiger partial charge in [-0.25, -0.2) is 8.42 Å². The molecule has 1 aromatic carbocycles. The lowest BCUT2D eigenvalue weighted by Crippen LogP contribution is -2.58. The van der Waals surface area contributed by atoms with Crippen molar-refractivity contribution in [1.29, 1.82) is 0 Å².